The van der Waals surface area contributed by atoms with E-state index in [4.69, 9.17) is 33.5 Å². The first-order valence-corrected chi connectivity index (χ1v) is 13.5. The summed E-state index contributed by atoms with van der Waals surface area (Å²) < 4.78 is 33.1. The van der Waals surface area contributed by atoms with Gasteiger partial charge < -0.3 is 84.8 Å². The maximum absolute atomic E-state index is 12.0. The molecule has 11 N–H and O–H groups in total. The Labute approximate surface area is 245 Å². The normalized spacial score (nSPS) is 45.3. The van der Waals surface area contributed by atoms with Crippen molar-refractivity contribution in [2.45, 2.75) is 125 Å². The Hall–Kier alpha value is -1.66. The lowest BCUT2D eigenvalue weighted by atomic mass is 9.94. The van der Waals surface area contributed by atoms with E-state index in [0.717, 1.165) is 6.92 Å². The molecule has 0 radical (unpaired) electrons. The van der Waals surface area contributed by atoms with Crippen LogP contribution in [0.5, 0.6) is 0 Å². The summed E-state index contributed by atoms with van der Waals surface area (Å²) >= 11 is 0. The molecule has 0 bridgehead atoms. The summed E-state index contributed by atoms with van der Waals surface area (Å²) in [5.74, 6) is -2.40. The summed E-state index contributed by atoms with van der Waals surface area (Å²) in [6.45, 7) is 1.97. The Kier molecular flexibility index (Phi) is 12.6. The highest BCUT2D eigenvalue weighted by Gasteiger charge is 2.54. The molecule has 3 aliphatic heterocycles. The number of hydrogen-bond donors (Lipinski definition) is 11. The summed E-state index contributed by atoms with van der Waals surface area (Å²) in [6, 6.07) is -1.51. The fourth-order valence-electron chi connectivity index (χ4n) is 5.00. The second-order valence-corrected chi connectivity index (χ2v) is 10.7. The molecule has 3 rings (SSSR count). The van der Waals surface area contributed by atoms with E-state index >= 15 is 0 Å². The zero-order valence-electron chi connectivity index (χ0n) is 23.5. The molecule has 0 spiro atoms. The average molecular weight is 632 g/mol. The molecule has 3 saturated heterocycles. The molecular formula is C24H41NO18. The number of aliphatic hydroxyl groups is 9. The van der Waals surface area contributed by atoms with E-state index in [1.807, 2.05) is 0 Å². The first kappa shape index (κ1) is 35.8. The summed E-state index contributed by atoms with van der Waals surface area (Å²) in [7, 11) is 0. The molecule has 3 fully saturated rings. The van der Waals surface area contributed by atoms with Crippen molar-refractivity contribution in [3.8, 4) is 0 Å². The maximum atomic E-state index is 12.0. The lowest BCUT2D eigenvalue weighted by molar-refractivity contribution is -0.367. The zero-order chi connectivity index (χ0) is 32.3. The van der Waals surface area contributed by atoms with Crippen molar-refractivity contribution in [3.63, 3.8) is 0 Å². The van der Waals surface area contributed by atoms with Crippen LogP contribution in [0.3, 0.4) is 0 Å². The number of nitrogens with one attached hydrogen (secondary N) is 1. The Morgan fingerprint density at radius 1 is 0.767 bits per heavy atom. The second-order valence-electron chi connectivity index (χ2n) is 10.7. The van der Waals surface area contributed by atoms with Crippen LogP contribution >= 0.6 is 0 Å². The van der Waals surface area contributed by atoms with Crippen LogP contribution in [0.25, 0.3) is 0 Å². The van der Waals surface area contributed by atoms with E-state index in [1.165, 1.54) is 13.8 Å². The molecular weight excluding hydrogens is 590 g/mol. The van der Waals surface area contributed by atoms with Crippen LogP contribution in [0, 0.1) is 0 Å². The number of aliphatic hydroxyl groups excluding tert-OH is 9. The van der Waals surface area contributed by atoms with Gasteiger partial charge >= 0.3 is 5.97 Å². The van der Waals surface area contributed by atoms with Gasteiger partial charge in [0.15, 0.2) is 25.0 Å². The van der Waals surface area contributed by atoms with Gasteiger partial charge in [-0.2, -0.15) is 0 Å². The highest BCUT2D eigenvalue weighted by molar-refractivity contribution is 5.73. The van der Waals surface area contributed by atoms with Crippen LogP contribution in [0.15, 0.2) is 0 Å². The quantitative estimate of drug-likeness (QED) is 0.101. The van der Waals surface area contributed by atoms with Gasteiger partial charge in [-0.05, 0) is 13.8 Å². The van der Waals surface area contributed by atoms with Gasteiger partial charge in [-0.25, -0.2) is 4.79 Å². The molecule has 43 heavy (non-hydrogen) atoms. The molecule has 19 nitrogen and oxygen atoms in total. The summed E-state index contributed by atoms with van der Waals surface area (Å²) in [6.07, 6.45) is -26.2. The molecule has 3 heterocycles. The minimum atomic E-state index is -2.05. The van der Waals surface area contributed by atoms with Crippen LogP contribution in [0.1, 0.15) is 20.8 Å². The smallest absolute Gasteiger partial charge is 0.335 e. The largest absolute Gasteiger partial charge is 0.479 e. The molecule has 17 atom stereocenters. The van der Waals surface area contributed by atoms with Gasteiger partial charge in [0.2, 0.25) is 5.91 Å². The molecule has 19 heteroatoms. The van der Waals surface area contributed by atoms with Crippen LogP contribution in [-0.2, 0) is 38.0 Å². The molecule has 0 aliphatic carbocycles. The van der Waals surface area contributed by atoms with E-state index < -0.39 is 129 Å². The van der Waals surface area contributed by atoms with E-state index in [2.05, 4.69) is 5.32 Å². The fraction of sp³-hybridized carbons (Fsp3) is 0.917. The first-order valence-electron chi connectivity index (χ1n) is 13.5. The Balaban J connectivity index is 1.84. The monoisotopic (exact) mass is 631 g/mol. The lowest BCUT2D eigenvalue weighted by Gasteiger charge is -2.49. The standard InChI is InChI=1S/C24H41NO18/c1-6-12(30)15(33)16(34)23(38-6)42-19-10(5-27)40-22(11(14(19)32)25-8(3)28)43-20-13(31)7(2)39-24(17(20)35)41-18(21(36)37)9(29)4-26/h6-7,9-20,22-24,26-27,29-35H,4-5H2,1-3H3,(H,25,28)(H,36,37)/t6-,7-,9+,10+,11+,12-,13-,14+,15+,16+,17+,18+,19+,20+,22-,23+,24-/m0/s1. The third-order valence-corrected chi connectivity index (χ3v) is 7.46. The molecule has 0 saturated carbocycles. The molecule has 0 aromatic rings. The van der Waals surface area contributed by atoms with Gasteiger partial charge in [0.1, 0.15) is 67.1 Å². The van der Waals surface area contributed by atoms with Gasteiger partial charge in [-0.15, -0.1) is 0 Å². The van der Waals surface area contributed by atoms with Crippen LogP contribution in [0.2, 0.25) is 0 Å². The number of aliphatic carboxylic acids is 1. The zero-order valence-corrected chi connectivity index (χ0v) is 23.5. The number of carboxylic acids is 1. The van der Waals surface area contributed by atoms with Crippen LogP contribution < -0.4 is 5.32 Å². The molecule has 1 amide bonds. The van der Waals surface area contributed by atoms with E-state index in [9.17, 15) is 55.5 Å². The van der Waals surface area contributed by atoms with Gasteiger partial charge in [-0.3, -0.25) is 4.79 Å². The number of carboxylic acid groups (broad SMARTS) is 1. The number of ether oxygens (including phenoxy) is 6. The van der Waals surface area contributed by atoms with E-state index in [-0.39, 0.29) is 0 Å². The first-order chi connectivity index (χ1) is 20.1. The predicted octanol–water partition coefficient (Wildman–Crippen LogP) is -6.54. The van der Waals surface area contributed by atoms with Gasteiger partial charge in [0, 0.05) is 6.92 Å². The minimum absolute atomic E-state index is 0.700. The highest BCUT2D eigenvalue weighted by atomic mass is 16.8. The van der Waals surface area contributed by atoms with E-state index in [0.29, 0.717) is 0 Å². The van der Waals surface area contributed by atoms with Crippen LogP contribution in [0.4, 0.5) is 0 Å². The second kappa shape index (κ2) is 15.1. The molecule has 0 aromatic heterocycles. The van der Waals surface area contributed by atoms with Gasteiger partial charge in [0.05, 0.1) is 25.4 Å². The van der Waals surface area contributed by atoms with Crippen LogP contribution in [-0.4, -0.2) is 180 Å². The SMILES string of the molecule is CC(=O)N[C@H]1[C@H](O[C@@H]2[C@@H](O)[C@H](C)O[C@@H](O[C@@H](C(=O)O)[C@H](O)CO)[C@@H]2O)O[C@H](CO)[C@@H](O[C@H]2O[C@@H](C)[C@H](O)[C@@H](O)[C@H]2O)[C@@H]1O. The maximum Gasteiger partial charge on any atom is 0.335 e. The van der Waals surface area contributed by atoms with Gasteiger partial charge in [-0.1, -0.05) is 0 Å². The van der Waals surface area contributed by atoms with Crippen molar-refractivity contribution in [1.29, 1.82) is 0 Å². The number of rotatable bonds is 11. The average Bonchev–Trinajstić information content (AvgIpc) is 2.95. The predicted molar refractivity (Wildman–Crippen MR) is 133 cm³/mol. The van der Waals surface area contributed by atoms with Crippen molar-refractivity contribution >= 4 is 11.9 Å². The minimum Gasteiger partial charge on any atom is -0.479 e. The van der Waals surface area contributed by atoms with Crippen molar-refractivity contribution in [3.05, 3.63) is 0 Å². The fourth-order valence-corrected chi connectivity index (χ4v) is 5.00. The highest BCUT2D eigenvalue weighted by Crippen LogP contribution is 2.33. The van der Waals surface area contributed by atoms with Crippen molar-refractivity contribution in [2.75, 3.05) is 13.2 Å². The third-order valence-electron chi connectivity index (χ3n) is 7.46. The lowest BCUT2D eigenvalue weighted by Crippen LogP contribution is -2.69. The van der Waals surface area contributed by atoms with E-state index in [1.54, 1.807) is 0 Å². The topological polar surface area (TPSA) is 304 Å². The number of hydrogen-bond acceptors (Lipinski definition) is 17. The third kappa shape index (κ3) is 7.95. The summed E-state index contributed by atoms with van der Waals surface area (Å²) in [5, 5.41) is 104. The summed E-state index contributed by atoms with van der Waals surface area (Å²) in [5.41, 5.74) is 0. The van der Waals surface area contributed by atoms with Crippen molar-refractivity contribution in [1.82, 2.24) is 5.32 Å². The number of carbonyl (C=O) groups is 2. The molecule has 0 aromatic carbocycles. The number of amides is 1. The summed E-state index contributed by atoms with van der Waals surface area (Å²) in [4.78, 5) is 23.6. The number of carbonyl (C=O) groups excluding carboxylic acids is 1. The molecule has 250 valence electrons. The molecule has 3 aliphatic rings. The van der Waals surface area contributed by atoms with Gasteiger partial charge in [0.25, 0.3) is 0 Å². The molecule has 0 unspecified atom stereocenters. The Morgan fingerprint density at radius 3 is 1.91 bits per heavy atom. The Morgan fingerprint density at radius 2 is 1.35 bits per heavy atom. The van der Waals surface area contributed by atoms with Crippen molar-refractivity contribution in [2.24, 2.45) is 0 Å². The van der Waals surface area contributed by atoms with Crippen molar-refractivity contribution < 1.29 is 89.1 Å². The Bertz CT molecular complexity index is 929.